The lowest BCUT2D eigenvalue weighted by Gasteiger charge is -2.29. The molecule has 0 aromatic rings. The number of rotatable bonds is 3. The van der Waals surface area contributed by atoms with E-state index in [9.17, 15) is 8.42 Å². The van der Waals surface area contributed by atoms with Crippen LogP contribution in [0.2, 0.25) is 0 Å². The lowest BCUT2D eigenvalue weighted by atomic mass is 9.93. The van der Waals surface area contributed by atoms with E-state index in [0.717, 1.165) is 19.5 Å². The quantitative estimate of drug-likeness (QED) is 0.844. The van der Waals surface area contributed by atoms with Gasteiger partial charge in [-0.05, 0) is 36.8 Å². The van der Waals surface area contributed by atoms with E-state index in [1.54, 1.807) is 4.31 Å². The molecule has 2 aliphatic rings. The first-order chi connectivity index (χ1) is 8.24. The van der Waals surface area contributed by atoms with Crippen LogP contribution in [0.4, 0.5) is 0 Å². The highest BCUT2D eigenvalue weighted by Gasteiger charge is 2.48. The zero-order chi connectivity index (χ0) is 13.6. The molecule has 0 radical (unpaired) electrons. The Labute approximate surface area is 111 Å². The molecule has 0 spiro atoms. The minimum atomic E-state index is -3.12. The molecule has 2 fully saturated rings. The molecule has 4 nitrogen and oxygen atoms in total. The maximum atomic E-state index is 12.6. The van der Waals surface area contributed by atoms with Gasteiger partial charge in [-0.25, -0.2) is 8.42 Å². The van der Waals surface area contributed by atoms with Crippen LogP contribution in [0.5, 0.6) is 0 Å². The summed E-state index contributed by atoms with van der Waals surface area (Å²) in [5.74, 6) is 1.29. The van der Waals surface area contributed by atoms with Crippen LogP contribution in [0.3, 0.4) is 0 Å². The largest absolute Gasteiger partial charge is 0.316 e. The van der Waals surface area contributed by atoms with E-state index in [1.807, 2.05) is 20.8 Å². The van der Waals surface area contributed by atoms with Crippen molar-refractivity contribution in [2.75, 3.05) is 25.4 Å². The predicted octanol–water partition coefficient (Wildman–Crippen LogP) is 1.29. The third kappa shape index (κ3) is 2.73. The maximum Gasteiger partial charge on any atom is 0.214 e. The Bertz CT molecular complexity index is 400. The highest BCUT2D eigenvalue weighted by molar-refractivity contribution is 7.89. The topological polar surface area (TPSA) is 49.4 Å². The van der Waals surface area contributed by atoms with Crippen molar-refractivity contribution in [3.63, 3.8) is 0 Å². The van der Waals surface area contributed by atoms with Gasteiger partial charge < -0.3 is 5.32 Å². The van der Waals surface area contributed by atoms with Gasteiger partial charge in [-0.15, -0.1) is 0 Å². The molecule has 3 atom stereocenters. The molecule has 3 unspecified atom stereocenters. The average molecular weight is 274 g/mol. The number of hydrogen-bond acceptors (Lipinski definition) is 3. The fraction of sp³-hybridized carbons (Fsp3) is 1.00. The second-order valence-electron chi connectivity index (χ2n) is 6.94. The van der Waals surface area contributed by atoms with Gasteiger partial charge in [0.25, 0.3) is 0 Å². The summed E-state index contributed by atoms with van der Waals surface area (Å²) in [4.78, 5) is 0. The molecule has 2 heterocycles. The predicted molar refractivity (Wildman–Crippen MR) is 73.9 cm³/mol. The molecule has 0 aromatic carbocycles. The third-order valence-electron chi connectivity index (χ3n) is 4.06. The number of nitrogens with one attached hydrogen (secondary N) is 1. The summed E-state index contributed by atoms with van der Waals surface area (Å²) in [5, 5.41) is 3.39. The van der Waals surface area contributed by atoms with Gasteiger partial charge >= 0.3 is 0 Å². The third-order valence-corrected chi connectivity index (χ3v) is 6.43. The van der Waals surface area contributed by atoms with Crippen LogP contribution >= 0.6 is 0 Å². The number of nitrogens with zero attached hydrogens (tertiary/aromatic N) is 1. The molecule has 2 rings (SSSR count). The number of fused-ring (bicyclic) bond motifs is 1. The zero-order valence-corrected chi connectivity index (χ0v) is 12.8. The Balaban J connectivity index is 2.18. The fourth-order valence-corrected chi connectivity index (χ4v) is 5.84. The molecule has 0 aromatic heterocycles. The van der Waals surface area contributed by atoms with E-state index < -0.39 is 10.0 Å². The lowest BCUT2D eigenvalue weighted by Crippen LogP contribution is -2.42. The van der Waals surface area contributed by atoms with E-state index in [-0.39, 0.29) is 17.2 Å². The van der Waals surface area contributed by atoms with Crippen molar-refractivity contribution in [3.05, 3.63) is 0 Å². The van der Waals surface area contributed by atoms with Gasteiger partial charge in [0.05, 0.1) is 5.75 Å². The molecule has 2 saturated heterocycles. The normalized spacial score (nSPS) is 33.9. The first-order valence-corrected chi connectivity index (χ1v) is 8.56. The van der Waals surface area contributed by atoms with Gasteiger partial charge in [0.1, 0.15) is 0 Å². The molecular formula is C13H26N2O2S. The van der Waals surface area contributed by atoms with Gasteiger partial charge in [-0.1, -0.05) is 27.7 Å². The van der Waals surface area contributed by atoms with Crippen molar-refractivity contribution < 1.29 is 8.42 Å². The standard InChI is InChI=1S/C13H26N2O2S/c1-5-12-11-7-14-6-10(11)8-15(12)18(16,17)9-13(2,3)4/h10-12,14H,5-9H2,1-4H3. The second kappa shape index (κ2) is 4.76. The van der Waals surface area contributed by atoms with Crippen molar-refractivity contribution in [2.45, 2.75) is 40.2 Å². The first kappa shape index (κ1) is 14.3. The van der Waals surface area contributed by atoms with Crippen molar-refractivity contribution in [3.8, 4) is 0 Å². The van der Waals surface area contributed by atoms with E-state index >= 15 is 0 Å². The van der Waals surface area contributed by atoms with Gasteiger partial charge in [-0.3, -0.25) is 0 Å². The van der Waals surface area contributed by atoms with Gasteiger partial charge in [-0.2, -0.15) is 4.31 Å². The van der Waals surface area contributed by atoms with Crippen LogP contribution in [0.25, 0.3) is 0 Å². The fourth-order valence-electron chi connectivity index (χ4n) is 3.44. The first-order valence-electron chi connectivity index (χ1n) is 6.95. The minimum absolute atomic E-state index is 0.174. The summed E-state index contributed by atoms with van der Waals surface area (Å²) in [7, 11) is -3.12. The minimum Gasteiger partial charge on any atom is -0.316 e. The summed E-state index contributed by atoms with van der Waals surface area (Å²) in [5.41, 5.74) is -0.174. The van der Waals surface area contributed by atoms with Crippen molar-refractivity contribution in [1.29, 1.82) is 0 Å². The Morgan fingerprint density at radius 1 is 1.28 bits per heavy atom. The van der Waals surface area contributed by atoms with Crippen LogP contribution in [-0.4, -0.2) is 44.2 Å². The van der Waals surface area contributed by atoms with E-state index in [1.165, 1.54) is 0 Å². The molecule has 1 N–H and O–H groups in total. The SMILES string of the molecule is CCC1C2CNCC2CN1S(=O)(=O)CC(C)(C)C. The van der Waals surface area contributed by atoms with Crippen LogP contribution in [-0.2, 0) is 10.0 Å². The summed E-state index contributed by atoms with van der Waals surface area (Å²) in [6.45, 7) is 10.7. The summed E-state index contributed by atoms with van der Waals surface area (Å²) < 4.78 is 26.9. The van der Waals surface area contributed by atoms with Gasteiger partial charge in [0, 0.05) is 12.6 Å². The van der Waals surface area contributed by atoms with Crippen LogP contribution in [0.15, 0.2) is 0 Å². The van der Waals surface area contributed by atoms with E-state index in [4.69, 9.17) is 0 Å². The Kier molecular flexibility index (Phi) is 3.78. The zero-order valence-electron chi connectivity index (χ0n) is 11.9. The summed E-state index contributed by atoms with van der Waals surface area (Å²) in [6.07, 6.45) is 0.923. The van der Waals surface area contributed by atoms with Crippen molar-refractivity contribution >= 4 is 10.0 Å². The molecule has 5 heteroatoms. The second-order valence-corrected chi connectivity index (χ2v) is 8.87. The molecule has 106 valence electrons. The Morgan fingerprint density at radius 3 is 2.50 bits per heavy atom. The molecule has 0 saturated carbocycles. The van der Waals surface area contributed by atoms with Gasteiger partial charge in [0.2, 0.25) is 10.0 Å². The monoisotopic (exact) mass is 274 g/mol. The summed E-state index contributed by atoms with van der Waals surface area (Å²) in [6, 6.07) is 0.206. The Morgan fingerprint density at radius 2 is 1.94 bits per heavy atom. The molecule has 18 heavy (non-hydrogen) atoms. The van der Waals surface area contributed by atoms with Crippen molar-refractivity contribution in [2.24, 2.45) is 17.3 Å². The van der Waals surface area contributed by atoms with Crippen molar-refractivity contribution in [1.82, 2.24) is 9.62 Å². The molecular weight excluding hydrogens is 248 g/mol. The van der Waals surface area contributed by atoms with E-state index in [2.05, 4.69) is 12.2 Å². The molecule has 2 aliphatic heterocycles. The smallest absolute Gasteiger partial charge is 0.214 e. The number of sulfonamides is 1. The molecule has 0 amide bonds. The van der Waals surface area contributed by atoms with Gasteiger partial charge in [0.15, 0.2) is 0 Å². The highest BCUT2D eigenvalue weighted by atomic mass is 32.2. The molecule has 0 aliphatic carbocycles. The molecule has 0 bridgehead atoms. The van der Waals surface area contributed by atoms with Crippen LogP contribution in [0, 0.1) is 17.3 Å². The van der Waals surface area contributed by atoms with Crippen LogP contribution in [0.1, 0.15) is 34.1 Å². The lowest BCUT2D eigenvalue weighted by molar-refractivity contribution is 0.322. The maximum absolute atomic E-state index is 12.6. The van der Waals surface area contributed by atoms with Crippen LogP contribution < -0.4 is 5.32 Å². The number of hydrogen-bond donors (Lipinski definition) is 1. The Hall–Kier alpha value is -0.130. The summed E-state index contributed by atoms with van der Waals surface area (Å²) >= 11 is 0. The van der Waals surface area contributed by atoms with E-state index in [0.29, 0.717) is 18.4 Å². The highest BCUT2D eigenvalue weighted by Crippen LogP contribution is 2.37. The average Bonchev–Trinajstić information content (AvgIpc) is 2.71.